The van der Waals surface area contributed by atoms with Gasteiger partial charge >= 0.3 is 215 Å². The Morgan fingerprint density at radius 1 is 0.946 bits per heavy atom. The Balaban J connectivity index is 1.65. The molecule has 0 saturated carbocycles. The van der Waals surface area contributed by atoms with E-state index in [1.807, 2.05) is 19.1 Å². The molecule has 0 spiro atoms. The first-order valence-corrected chi connectivity index (χ1v) is 21.4. The fourth-order valence-electron chi connectivity index (χ4n) is 5.22. The van der Waals surface area contributed by atoms with E-state index < -0.39 is 18.4 Å². The molecule has 4 aromatic rings. The van der Waals surface area contributed by atoms with E-state index in [1.165, 1.54) is 55.5 Å². The van der Waals surface area contributed by atoms with Crippen LogP contribution in [-0.2, 0) is 6.54 Å². The number of benzene rings is 1. The van der Waals surface area contributed by atoms with Crippen LogP contribution in [0.4, 0.5) is 0 Å². The first kappa shape index (κ1) is 27.5. The molecule has 3 aromatic heterocycles. The molecule has 0 aliphatic carbocycles. The molecule has 4 rings (SSSR count). The van der Waals surface area contributed by atoms with Crippen LogP contribution < -0.4 is 8.45 Å². The number of hydrogen-bond donors (Lipinski definition) is 0. The van der Waals surface area contributed by atoms with Crippen molar-refractivity contribution < 1.29 is 4.74 Å². The van der Waals surface area contributed by atoms with Crippen LogP contribution in [0, 0.1) is 0 Å². The molecule has 1 atom stereocenters. The quantitative estimate of drug-likeness (QED) is 0.156. The normalized spacial score (nSPS) is 12.8. The average molecular weight is 610 g/mol. The Bertz CT molecular complexity index is 1220. The fourth-order valence-corrected chi connectivity index (χ4v) is 21.1. The monoisotopic (exact) mass is 611 g/mol. The van der Waals surface area contributed by atoms with Crippen molar-refractivity contribution in [2.24, 2.45) is 0 Å². The zero-order valence-corrected chi connectivity index (χ0v) is 25.7. The van der Waals surface area contributed by atoms with E-state index >= 15 is 0 Å². The summed E-state index contributed by atoms with van der Waals surface area (Å²) in [5, 5.41) is 16.5. The molecule has 0 amide bonds. The summed E-state index contributed by atoms with van der Waals surface area (Å²) >= 11 is -2.69. The van der Waals surface area contributed by atoms with Crippen molar-refractivity contribution in [3.8, 4) is 17.0 Å². The summed E-state index contributed by atoms with van der Waals surface area (Å²) in [5.41, 5.74) is 2.96. The van der Waals surface area contributed by atoms with Gasteiger partial charge in [0.1, 0.15) is 0 Å². The van der Waals surface area contributed by atoms with Gasteiger partial charge in [0.25, 0.3) is 0 Å². The molecule has 0 saturated heterocycles. The Labute approximate surface area is 224 Å². The molecule has 1 unspecified atom stereocenters. The topological polar surface area (TPSA) is 83.0 Å². The van der Waals surface area contributed by atoms with Crippen LogP contribution in [-0.4, -0.2) is 59.3 Å². The molecular weight excluding hydrogens is 569 g/mol. The Morgan fingerprint density at radius 2 is 1.68 bits per heavy atom. The molecule has 37 heavy (non-hydrogen) atoms. The summed E-state index contributed by atoms with van der Waals surface area (Å²) < 4.78 is 15.7. The number of imidazole rings is 1. The van der Waals surface area contributed by atoms with E-state index in [0.717, 1.165) is 22.7 Å². The minimum atomic E-state index is -2.69. The summed E-state index contributed by atoms with van der Waals surface area (Å²) in [7, 11) is 0. The van der Waals surface area contributed by atoms with Gasteiger partial charge in [-0.15, -0.1) is 5.10 Å². The summed E-state index contributed by atoms with van der Waals surface area (Å²) in [6, 6.07) is 12.4. The number of aromatic nitrogens is 7. The fraction of sp³-hybridized carbons (Fsp3) is 0.536. The number of ether oxygens (including phenoxy) is 1. The Kier molecular flexibility index (Phi) is 9.94. The summed E-state index contributed by atoms with van der Waals surface area (Å²) in [5.74, 6) is 0.813. The zero-order chi connectivity index (χ0) is 26.1. The van der Waals surface area contributed by atoms with Gasteiger partial charge in [-0.2, -0.15) is 0 Å². The van der Waals surface area contributed by atoms with Gasteiger partial charge in [-0.25, -0.2) is 0 Å². The second kappa shape index (κ2) is 13.3. The van der Waals surface area contributed by atoms with Crippen molar-refractivity contribution >= 4 is 27.7 Å². The average Bonchev–Trinajstić information content (AvgIpc) is 3.58. The van der Waals surface area contributed by atoms with Gasteiger partial charge in [-0.05, 0) is 5.21 Å². The van der Waals surface area contributed by atoms with E-state index in [1.54, 1.807) is 11.0 Å². The van der Waals surface area contributed by atoms with Gasteiger partial charge in [0.15, 0.2) is 0 Å². The first-order valence-electron chi connectivity index (χ1n) is 13.9. The molecular formula is C28H41N7OSn. The molecule has 198 valence electrons. The summed E-state index contributed by atoms with van der Waals surface area (Å²) in [6.45, 7) is 9.56. The second-order valence-electron chi connectivity index (χ2n) is 10.2. The third-order valence-corrected chi connectivity index (χ3v) is 22.5. The number of hydrogen-bond acceptors (Lipinski definition) is 6. The second-order valence-corrected chi connectivity index (χ2v) is 23.3. The predicted molar refractivity (Wildman–Crippen MR) is 151 cm³/mol. The number of tetrazole rings is 1. The molecule has 0 N–H and O–H groups in total. The summed E-state index contributed by atoms with van der Waals surface area (Å²) in [6.07, 6.45) is 11.4. The third kappa shape index (κ3) is 6.89. The molecule has 1 aromatic carbocycles. The maximum absolute atomic E-state index is 6.18. The molecule has 0 bridgehead atoms. The van der Waals surface area contributed by atoms with Crippen LogP contribution in [0.3, 0.4) is 0 Å². The standard InChI is InChI=1S/C16H14N7O.3C4H9.Sn/c1-12(10-22-11-18-20-21-22)24-14-4-2-3-13(9-14)15-5-6-16-17-7-8-23(16)19-15;3*1-3-4-2;/h2-7,9,11-12H,10H2,1H3;3*1,3-4H2,2H3;. The Morgan fingerprint density at radius 3 is 2.32 bits per heavy atom. The molecule has 0 aliphatic rings. The predicted octanol–water partition coefficient (Wildman–Crippen LogP) is 5.91. The zero-order valence-electron chi connectivity index (χ0n) is 22.8. The molecule has 3 heterocycles. The van der Waals surface area contributed by atoms with E-state index in [2.05, 4.69) is 71.3 Å². The van der Waals surface area contributed by atoms with Gasteiger partial charge in [-0.1, -0.05) is 0 Å². The van der Waals surface area contributed by atoms with Crippen LogP contribution in [0.15, 0.2) is 48.9 Å². The van der Waals surface area contributed by atoms with Gasteiger partial charge in [0.05, 0.1) is 0 Å². The van der Waals surface area contributed by atoms with Gasteiger partial charge in [-0.3, -0.25) is 0 Å². The van der Waals surface area contributed by atoms with Gasteiger partial charge in [0, 0.05) is 0 Å². The van der Waals surface area contributed by atoms with Crippen molar-refractivity contribution in [3.05, 3.63) is 48.9 Å². The maximum atomic E-state index is 6.18. The SMILES string of the molecule is CCC[CH2][Sn]([CH2]CCC)([CH2]CCC)[c]1cnc2ccc(-c3cccc(OC(C)Cn4cnnn4)c3)nn12. The number of nitrogens with zero attached hydrogens (tertiary/aromatic N) is 7. The van der Waals surface area contributed by atoms with Crippen LogP contribution in [0.2, 0.25) is 13.3 Å². The van der Waals surface area contributed by atoms with Crippen molar-refractivity contribution in [1.82, 2.24) is 34.8 Å². The van der Waals surface area contributed by atoms with Crippen molar-refractivity contribution in [1.29, 1.82) is 0 Å². The number of unbranched alkanes of at least 4 members (excludes halogenated alkanes) is 3. The summed E-state index contributed by atoms with van der Waals surface area (Å²) in [4.78, 5) is 4.85. The third-order valence-electron chi connectivity index (χ3n) is 7.24. The van der Waals surface area contributed by atoms with Crippen LogP contribution in [0.5, 0.6) is 5.75 Å². The van der Waals surface area contributed by atoms with Crippen LogP contribution >= 0.6 is 0 Å². The van der Waals surface area contributed by atoms with Gasteiger partial charge < -0.3 is 0 Å². The minimum absolute atomic E-state index is 0.0696. The molecule has 0 radical (unpaired) electrons. The van der Waals surface area contributed by atoms with E-state index in [4.69, 9.17) is 14.8 Å². The molecule has 8 nitrogen and oxygen atoms in total. The van der Waals surface area contributed by atoms with Crippen molar-refractivity contribution in [3.63, 3.8) is 0 Å². The van der Waals surface area contributed by atoms with Crippen molar-refractivity contribution in [2.75, 3.05) is 0 Å². The molecule has 0 aliphatic heterocycles. The van der Waals surface area contributed by atoms with E-state index in [0.29, 0.717) is 6.54 Å². The van der Waals surface area contributed by atoms with Crippen LogP contribution in [0.25, 0.3) is 16.9 Å². The number of fused-ring (bicyclic) bond motifs is 1. The molecule has 0 fully saturated rings. The number of rotatable bonds is 15. The molecule has 9 heteroatoms. The van der Waals surface area contributed by atoms with Gasteiger partial charge in [0.2, 0.25) is 0 Å². The Hall–Kier alpha value is -2.49. The first-order chi connectivity index (χ1) is 18.1. The van der Waals surface area contributed by atoms with E-state index in [-0.39, 0.29) is 6.10 Å². The van der Waals surface area contributed by atoms with Crippen LogP contribution in [0.1, 0.15) is 66.2 Å². The van der Waals surface area contributed by atoms with E-state index in [9.17, 15) is 0 Å². The van der Waals surface area contributed by atoms with Crippen molar-refractivity contribution in [2.45, 2.75) is 92.2 Å².